The van der Waals surface area contributed by atoms with E-state index in [0.717, 1.165) is 16.9 Å². The van der Waals surface area contributed by atoms with Gasteiger partial charge in [-0.2, -0.15) is 5.10 Å². The zero-order chi connectivity index (χ0) is 23.8. The summed E-state index contributed by atoms with van der Waals surface area (Å²) in [5.74, 6) is -1.21. The Labute approximate surface area is 200 Å². The SMILES string of the molecule is Cc1ccc(F)cc1C(=O)Nc1ccc(C(=O)N2Cc3ccnn3Cc3ccccc32)c(Cl)c1. The van der Waals surface area contributed by atoms with E-state index in [0.29, 0.717) is 29.9 Å². The van der Waals surface area contributed by atoms with Gasteiger partial charge in [0, 0.05) is 23.1 Å². The first-order chi connectivity index (χ1) is 16.4. The standard InChI is InChI=1S/C26H20ClFN4O2/c1-16-6-7-18(28)12-22(16)25(33)30-19-8-9-21(23(27)13-19)26(34)31-15-20-10-11-29-32(20)14-17-4-2-3-5-24(17)31/h2-13H,14-15H2,1H3,(H,30,33). The zero-order valence-electron chi connectivity index (χ0n) is 18.3. The molecule has 0 atom stereocenters. The number of benzene rings is 3. The smallest absolute Gasteiger partial charge is 0.260 e. The van der Waals surface area contributed by atoms with Crippen molar-refractivity contribution in [3.8, 4) is 0 Å². The molecule has 0 aliphatic carbocycles. The van der Waals surface area contributed by atoms with Crippen molar-refractivity contribution in [1.82, 2.24) is 9.78 Å². The van der Waals surface area contributed by atoms with Gasteiger partial charge in [0.15, 0.2) is 0 Å². The molecule has 4 aromatic rings. The number of rotatable bonds is 3. The first-order valence-electron chi connectivity index (χ1n) is 10.7. The summed E-state index contributed by atoms with van der Waals surface area (Å²) >= 11 is 6.50. The number of aryl methyl sites for hydroxylation is 1. The fourth-order valence-corrected chi connectivity index (χ4v) is 4.34. The highest BCUT2D eigenvalue weighted by molar-refractivity contribution is 6.35. The van der Waals surface area contributed by atoms with Gasteiger partial charge in [0.25, 0.3) is 11.8 Å². The third kappa shape index (κ3) is 4.06. The van der Waals surface area contributed by atoms with Crippen molar-refractivity contribution in [3.05, 3.63) is 112 Å². The van der Waals surface area contributed by atoms with E-state index < -0.39 is 11.7 Å². The minimum absolute atomic E-state index is 0.203. The van der Waals surface area contributed by atoms with Crippen molar-refractivity contribution >= 4 is 34.8 Å². The average molecular weight is 475 g/mol. The molecule has 0 spiro atoms. The Morgan fingerprint density at radius 2 is 1.82 bits per heavy atom. The third-order valence-corrected chi connectivity index (χ3v) is 6.19. The molecule has 8 heteroatoms. The molecule has 5 rings (SSSR count). The van der Waals surface area contributed by atoms with Crippen LogP contribution < -0.4 is 10.2 Å². The molecule has 2 heterocycles. The van der Waals surface area contributed by atoms with Gasteiger partial charge >= 0.3 is 0 Å². The number of nitrogens with zero attached hydrogens (tertiary/aromatic N) is 3. The number of carbonyl (C=O) groups excluding carboxylic acids is 2. The highest BCUT2D eigenvalue weighted by Crippen LogP contribution is 2.31. The summed E-state index contributed by atoms with van der Waals surface area (Å²) in [4.78, 5) is 27.9. The van der Waals surface area contributed by atoms with Crippen molar-refractivity contribution in [2.75, 3.05) is 10.2 Å². The Hall–Kier alpha value is -3.97. The number of aromatic nitrogens is 2. The van der Waals surface area contributed by atoms with Gasteiger partial charge in [-0.05, 0) is 60.5 Å². The van der Waals surface area contributed by atoms with Crippen LogP contribution in [0.2, 0.25) is 5.02 Å². The highest BCUT2D eigenvalue weighted by Gasteiger charge is 2.26. The number of carbonyl (C=O) groups is 2. The van der Waals surface area contributed by atoms with E-state index in [9.17, 15) is 14.0 Å². The lowest BCUT2D eigenvalue weighted by Crippen LogP contribution is -2.31. The summed E-state index contributed by atoms with van der Waals surface area (Å²) in [6.07, 6.45) is 1.72. The zero-order valence-corrected chi connectivity index (χ0v) is 19.0. The fraction of sp³-hybridized carbons (Fsp3) is 0.115. The number of amides is 2. The summed E-state index contributed by atoms with van der Waals surface area (Å²) < 4.78 is 15.5. The number of fused-ring (bicyclic) bond motifs is 2. The molecule has 0 saturated heterocycles. The van der Waals surface area contributed by atoms with E-state index >= 15 is 0 Å². The lowest BCUT2D eigenvalue weighted by atomic mass is 10.1. The molecule has 0 bridgehead atoms. The number of hydrogen-bond acceptors (Lipinski definition) is 3. The van der Waals surface area contributed by atoms with E-state index in [-0.39, 0.29) is 16.5 Å². The van der Waals surface area contributed by atoms with Gasteiger partial charge in [-0.1, -0.05) is 35.9 Å². The van der Waals surface area contributed by atoms with Gasteiger partial charge in [0.05, 0.1) is 29.4 Å². The second-order valence-electron chi connectivity index (χ2n) is 8.11. The molecule has 1 aromatic heterocycles. The highest BCUT2D eigenvalue weighted by atomic mass is 35.5. The van der Waals surface area contributed by atoms with Gasteiger partial charge < -0.3 is 10.2 Å². The van der Waals surface area contributed by atoms with E-state index in [4.69, 9.17) is 11.6 Å². The quantitative estimate of drug-likeness (QED) is 0.429. The van der Waals surface area contributed by atoms with Crippen LogP contribution in [0.25, 0.3) is 0 Å². The molecular weight excluding hydrogens is 455 g/mol. The Kier molecular flexibility index (Phi) is 5.63. The number of halogens is 2. The van der Waals surface area contributed by atoms with E-state index in [1.165, 1.54) is 18.2 Å². The summed E-state index contributed by atoms with van der Waals surface area (Å²) in [7, 11) is 0. The van der Waals surface area contributed by atoms with Gasteiger partial charge in [0.2, 0.25) is 0 Å². The first kappa shape index (κ1) is 21.9. The topological polar surface area (TPSA) is 67.2 Å². The fourth-order valence-electron chi connectivity index (χ4n) is 4.08. The van der Waals surface area contributed by atoms with Crippen molar-refractivity contribution < 1.29 is 14.0 Å². The molecule has 6 nitrogen and oxygen atoms in total. The predicted molar refractivity (Wildman–Crippen MR) is 129 cm³/mol. The monoisotopic (exact) mass is 474 g/mol. The summed E-state index contributed by atoms with van der Waals surface area (Å²) in [6, 6.07) is 18.3. The van der Waals surface area contributed by atoms with Crippen molar-refractivity contribution in [2.45, 2.75) is 20.0 Å². The Bertz CT molecular complexity index is 1430. The molecule has 0 saturated carbocycles. The lowest BCUT2D eigenvalue weighted by molar-refractivity contribution is 0.0984. The first-order valence-corrected chi connectivity index (χ1v) is 11.1. The predicted octanol–water partition coefficient (Wildman–Crippen LogP) is 5.45. The van der Waals surface area contributed by atoms with Crippen LogP contribution in [0.5, 0.6) is 0 Å². The summed E-state index contributed by atoms with van der Waals surface area (Å²) in [5.41, 5.74) is 4.28. The van der Waals surface area contributed by atoms with Crippen LogP contribution in [0.15, 0.2) is 72.9 Å². The normalized spacial score (nSPS) is 12.5. The second kappa shape index (κ2) is 8.76. The molecule has 1 N–H and O–H groups in total. The number of anilines is 2. The van der Waals surface area contributed by atoms with E-state index in [1.807, 2.05) is 35.0 Å². The molecule has 170 valence electrons. The maximum atomic E-state index is 13.6. The van der Waals surface area contributed by atoms with Crippen molar-refractivity contribution in [1.29, 1.82) is 0 Å². The molecule has 2 amide bonds. The van der Waals surface area contributed by atoms with Crippen LogP contribution in [0.1, 0.15) is 37.5 Å². The van der Waals surface area contributed by atoms with Crippen LogP contribution in [0, 0.1) is 12.7 Å². The average Bonchev–Trinajstić information content (AvgIpc) is 3.19. The molecule has 0 radical (unpaired) electrons. The number of para-hydroxylation sites is 1. The number of hydrogen-bond donors (Lipinski definition) is 1. The van der Waals surface area contributed by atoms with Gasteiger partial charge in [-0.3, -0.25) is 14.3 Å². The Morgan fingerprint density at radius 1 is 1.00 bits per heavy atom. The Balaban J connectivity index is 1.43. The second-order valence-corrected chi connectivity index (χ2v) is 8.52. The van der Waals surface area contributed by atoms with Crippen molar-refractivity contribution in [2.24, 2.45) is 0 Å². The molecule has 1 aliphatic rings. The summed E-state index contributed by atoms with van der Waals surface area (Å²) in [5, 5.41) is 7.29. The minimum atomic E-state index is -0.492. The van der Waals surface area contributed by atoms with E-state index in [2.05, 4.69) is 10.4 Å². The molecule has 0 unspecified atom stereocenters. The Morgan fingerprint density at radius 3 is 2.65 bits per heavy atom. The van der Waals surface area contributed by atoms with Crippen LogP contribution in [-0.2, 0) is 13.1 Å². The van der Waals surface area contributed by atoms with Gasteiger partial charge in [0.1, 0.15) is 5.82 Å². The van der Waals surface area contributed by atoms with Crippen LogP contribution >= 0.6 is 11.6 Å². The van der Waals surface area contributed by atoms with Crippen LogP contribution in [0.4, 0.5) is 15.8 Å². The molecular formula is C26H20ClFN4O2. The van der Waals surface area contributed by atoms with E-state index in [1.54, 1.807) is 36.2 Å². The molecule has 3 aromatic carbocycles. The lowest BCUT2D eigenvalue weighted by Gasteiger charge is -2.23. The minimum Gasteiger partial charge on any atom is -0.322 e. The molecule has 1 aliphatic heterocycles. The third-order valence-electron chi connectivity index (χ3n) is 5.87. The molecule has 34 heavy (non-hydrogen) atoms. The summed E-state index contributed by atoms with van der Waals surface area (Å²) in [6.45, 7) is 2.65. The van der Waals surface area contributed by atoms with Gasteiger partial charge in [-0.15, -0.1) is 0 Å². The maximum absolute atomic E-state index is 13.6. The maximum Gasteiger partial charge on any atom is 0.260 e. The van der Waals surface area contributed by atoms with Crippen molar-refractivity contribution in [3.63, 3.8) is 0 Å². The van der Waals surface area contributed by atoms with Crippen LogP contribution in [-0.4, -0.2) is 21.6 Å². The van der Waals surface area contributed by atoms with Gasteiger partial charge in [-0.25, -0.2) is 4.39 Å². The number of nitrogens with one attached hydrogen (secondary N) is 1. The largest absolute Gasteiger partial charge is 0.322 e. The van der Waals surface area contributed by atoms with Crippen LogP contribution in [0.3, 0.4) is 0 Å². The molecule has 0 fully saturated rings.